The number of rotatable bonds is 5. The summed E-state index contributed by atoms with van der Waals surface area (Å²) in [6, 6.07) is 12.1. The number of aromatic amines is 1. The molecule has 0 radical (unpaired) electrons. The number of nitrogens with one attached hydrogen (secondary N) is 2. The second kappa shape index (κ2) is 6.74. The quantitative estimate of drug-likeness (QED) is 0.756. The minimum atomic E-state index is -0.257. The van der Waals surface area contributed by atoms with Crippen molar-refractivity contribution in [1.29, 1.82) is 0 Å². The summed E-state index contributed by atoms with van der Waals surface area (Å²) >= 11 is 0. The number of amides is 1. The number of carbonyl (C=O) groups is 1. The van der Waals surface area contributed by atoms with Gasteiger partial charge < -0.3 is 15.2 Å². The number of carbonyl (C=O) groups excluding carboxylic acids is 1. The minimum Gasteiger partial charge on any atom is -0.378 e. The largest absolute Gasteiger partial charge is 0.378 e. The molecule has 1 aromatic heterocycles. The molecule has 0 fully saturated rings. The summed E-state index contributed by atoms with van der Waals surface area (Å²) in [4.78, 5) is 17.3. The van der Waals surface area contributed by atoms with E-state index in [1.807, 2.05) is 43.4 Å². The number of hydrogen-bond donors (Lipinski definition) is 2. The molecular formula is C19H20FN3O. The molecule has 5 heteroatoms. The fraction of sp³-hybridized carbons (Fsp3) is 0.211. The molecule has 0 spiro atoms. The van der Waals surface area contributed by atoms with E-state index in [9.17, 15) is 9.18 Å². The van der Waals surface area contributed by atoms with Crippen LogP contribution in [0.15, 0.2) is 48.7 Å². The zero-order chi connectivity index (χ0) is 17.1. The molecule has 4 nitrogen and oxygen atoms in total. The van der Waals surface area contributed by atoms with Crippen LogP contribution in [0, 0.1) is 5.82 Å². The maximum Gasteiger partial charge on any atom is 0.251 e. The monoisotopic (exact) mass is 325 g/mol. The van der Waals surface area contributed by atoms with Crippen molar-refractivity contribution in [3.63, 3.8) is 0 Å². The summed E-state index contributed by atoms with van der Waals surface area (Å²) < 4.78 is 13.4. The zero-order valence-electron chi connectivity index (χ0n) is 13.8. The standard InChI is InChI=1S/C19H20FN3O/c1-23(2)16-5-3-4-13(10-16)19(24)21-9-8-14-12-22-18-7-6-15(20)11-17(14)18/h3-7,10-12,22H,8-9H2,1-2H3,(H,21,24). The first-order valence-corrected chi connectivity index (χ1v) is 7.85. The molecule has 0 aliphatic carbocycles. The lowest BCUT2D eigenvalue weighted by molar-refractivity contribution is 0.0954. The van der Waals surface area contributed by atoms with Crippen LogP contribution in [0.1, 0.15) is 15.9 Å². The number of fused-ring (bicyclic) bond motifs is 1. The molecule has 3 aromatic rings. The Kier molecular flexibility index (Phi) is 4.51. The second-order valence-corrected chi connectivity index (χ2v) is 5.95. The van der Waals surface area contributed by atoms with Crippen molar-refractivity contribution in [2.75, 3.05) is 25.5 Å². The van der Waals surface area contributed by atoms with Crippen molar-refractivity contribution in [1.82, 2.24) is 10.3 Å². The topological polar surface area (TPSA) is 48.1 Å². The van der Waals surface area contributed by atoms with E-state index in [0.717, 1.165) is 22.2 Å². The highest BCUT2D eigenvalue weighted by Gasteiger charge is 2.08. The molecule has 24 heavy (non-hydrogen) atoms. The van der Waals surface area contributed by atoms with Crippen LogP contribution in [-0.2, 0) is 6.42 Å². The van der Waals surface area contributed by atoms with E-state index in [-0.39, 0.29) is 11.7 Å². The van der Waals surface area contributed by atoms with E-state index < -0.39 is 0 Å². The van der Waals surface area contributed by atoms with Crippen molar-refractivity contribution in [3.8, 4) is 0 Å². The van der Waals surface area contributed by atoms with E-state index in [1.54, 1.807) is 12.1 Å². The maximum absolute atomic E-state index is 13.4. The molecule has 0 aliphatic heterocycles. The van der Waals surface area contributed by atoms with Crippen LogP contribution >= 0.6 is 0 Å². The van der Waals surface area contributed by atoms with E-state index >= 15 is 0 Å². The highest BCUT2D eigenvalue weighted by molar-refractivity contribution is 5.95. The van der Waals surface area contributed by atoms with Crippen LogP contribution in [-0.4, -0.2) is 31.5 Å². The van der Waals surface area contributed by atoms with E-state index in [1.165, 1.54) is 12.1 Å². The fourth-order valence-corrected chi connectivity index (χ4v) is 2.70. The van der Waals surface area contributed by atoms with Crippen LogP contribution in [0.25, 0.3) is 10.9 Å². The number of benzene rings is 2. The first-order valence-electron chi connectivity index (χ1n) is 7.85. The summed E-state index contributed by atoms with van der Waals surface area (Å²) in [5, 5.41) is 3.78. The Morgan fingerprint density at radius 3 is 2.83 bits per heavy atom. The van der Waals surface area contributed by atoms with Crippen LogP contribution in [0.3, 0.4) is 0 Å². The van der Waals surface area contributed by atoms with Gasteiger partial charge in [-0.1, -0.05) is 6.07 Å². The molecular weight excluding hydrogens is 305 g/mol. The molecule has 0 saturated carbocycles. The lowest BCUT2D eigenvalue weighted by atomic mass is 10.1. The zero-order valence-corrected chi connectivity index (χ0v) is 13.8. The second-order valence-electron chi connectivity index (χ2n) is 5.95. The normalized spacial score (nSPS) is 10.8. The molecule has 2 aromatic carbocycles. The Morgan fingerprint density at radius 1 is 1.21 bits per heavy atom. The molecule has 1 amide bonds. The number of halogens is 1. The van der Waals surface area contributed by atoms with Gasteiger partial charge in [-0.3, -0.25) is 4.79 Å². The third kappa shape index (κ3) is 3.40. The number of nitrogens with zero attached hydrogens (tertiary/aromatic N) is 1. The Labute approximate surface area is 140 Å². The van der Waals surface area contributed by atoms with Gasteiger partial charge in [0, 0.05) is 49.0 Å². The van der Waals surface area contributed by atoms with Gasteiger partial charge in [0.1, 0.15) is 5.82 Å². The van der Waals surface area contributed by atoms with Gasteiger partial charge in [0.25, 0.3) is 5.91 Å². The highest BCUT2D eigenvalue weighted by Crippen LogP contribution is 2.19. The lowest BCUT2D eigenvalue weighted by Gasteiger charge is -2.13. The number of aromatic nitrogens is 1. The predicted molar refractivity (Wildman–Crippen MR) is 95.1 cm³/mol. The number of hydrogen-bond acceptors (Lipinski definition) is 2. The van der Waals surface area contributed by atoms with Gasteiger partial charge in [-0.2, -0.15) is 0 Å². The predicted octanol–water partition coefficient (Wildman–Crippen LogP) is 3.35. The summed E-state index contributed by atoms with van der Waals surface area (Å²) in [5.41, 5.74) is 3.50. The lowest BCUT2D eigenvalue weighted by Crippen LogP contribution is -2.25. The Morgan fingerprint density at radius 2 is 2.04 bits per heavy atom. The summed E-state index contributed by atoms with van der Waals surface area (Å²) in [6.45, 7) is 0.495. The average molecular weight is 325 g/mol. The van der Waals surface area contributed by atoms with Crippen molar-refractivity contribution in [2.24, 2.45) is 0 Å². The Bertz CT molecular complexity index is 870. The average Bonchev–Trinajstić information content (AvgIpc) is 2.97. The Balaban J connectivity index is 1.64. The summed E-state index contributed by atoms with van der Waals surface area (Å²) in [6.07, 6.45) is 2.51. The van der Waals surface area contributed by atoms with E-state index in [2.05, 4.69) is 10.3 Å². The molecule has 0 unspecified atom stereocenters. The smallest absolute Gasteiger partial charge is 0.251 e. The molecule has 2 N–H and O–H groups in total. The molecule has 1 heterocycles. The van der Waals surface area contributed by atoms with Crippen LogP contribution < -0.4 is 10.2 Å². The third-order valence-electron chi connectivity index (χ3n) is 4.03. The van der Waals surface area contributed by atoms with Crippen molar-refractivity contribution in [2.45, 2.75) is 6.42 Å². The number of anilines is 1. The van der Waals surface area contributed by atoms with Crippen LogP contribution in [0.5, 0.6) is 0 Å². The van der Waals surface area contributed by atoms with Crippen LogP contribution in [0.2, 0.25) is 0 Å². The van der Waals surface area contributed by atoms with Gasteiger partial charge in [0.2, 0.25) is 0 Å². The van der Waals surface area contributed by atoms with E-state index in [0.29, 0.717) is 18.5 Å². The first-order chi connectivity index (χ1) is 11.5. The van der Waals surface area contributed by atoms with Gasteiger partial charge in [-0.05, 0) is 48.4 Å². The van der Waals surface area contributed by atoms with Gasteiger partial charge in [0.05, 0.1) is 0 Å². The van der Waals surface area contributed by atoms with Gasteiger partial charge in [-0.15, -0.1) is 0 Å². The molecule has 0 aliphatic rings. The molecule has 0 atom stereocenters. The summed E-state index contributed by atoms with van der Waals surface area (Å²) in [7, 11) is 3.88. The van der Waals surface area contributed by atoms with Crippen LogP contribution in [0.4, 0.5) is 10.1 Å². The van der Waals surface area contributed by atoms with E-state index in [4.69, 9.17) is 0 Å². The van der Waals surface area contributed by atoms with Crippen molar-refractivity contribution >= 4 is 22.5 Å². The maximum atomic E-state index is 13.4. The third-order valence-corrected chi connectivity index (χ3v) is 4.03. The van der Waals surface area contributed by atoms with Gasteiger partial charge in [-0.25, -0.2) is 4.39 Å². The minimum absolute atomic E-state index is 0.107. The Hall–Kier alpha value is -2.82. The van der Waals surface area contributed by atoms with Crippen molar-refractivity contribution in [3.05, 3.63) is 65.6 Å². The number of H-pyrrole nitrogens is 1. The molecule has 3 rings (SSSR count). The molecule has 0 bridgehead atoms. The SMILES string of the molecule is CN(C)c1cccc(C(=O)NCCc2c[nH]c3ccc(F)cc23)c1. The fourth-order valence-electron chi connectivity index (χ4n) is 2.70. The molecule has 124 valence electrons. The van der Waals surface area contributed by atoms with Gasteiger partial charge >= 0.3 is 0 Å². The molecule has 0 saturated heterocycles. The summed E-state index contributed by atoms with van der Waals surface area (Å²) in [5.74, 6) is -0.363. The van der Waals surface area contributed by atoms with Crippen molar-refractivity contribution < 1.29 is 9.18 Å². The highest BCUT2D eigenvalue weighted by atomic mass is 19.1. The first kappa shape index (κ1) is 16.1. The van der Waals surface area contributed by atoms with Gasteiger partial charge in [0.15, 0.2) is 0 Å².